The molecule has 0 fully saturated rings. The fraction of sp³-hybridized carbons (Fsp3) is 0.238. The number of carboxylic acids is 1. The average molecular weight is 398 g/mol. The lowest BCUT2D eigenvalue weighted by molar-refractivity contribution is -0.305. The third-order valence-corrected chi connectivity index (χ3v) is 3.94. The van der Waals surface area contributed by atoms with Gasteiger partial charge in [0.2, 0.25) is 5.91 Å². The highest BCUT2D eigenvalue weighted by molar-refractivity contribution is 5.99. The molecular weight excluding hydrogens is 378 g/mol. The van der Waals surface area contributed by atoms with Gasteiger partial charge in [-0.25, -0.2) is 4.79 Å². The number of methoxy groups -OCH3 is 1. The van der Waals surface area contributed by atoms with Crippen LogP contribution in [0, 0.1) is 0 Å². The van der Waals surface area contributed by atoms with Crippen LogP contribution in [0.1, 0.15) is 40.0 Å². The molecule has 0 aliphatic heterocycles. The number of carbonyl (C=O) groups excluding carboxylic acids is 4. The van der Waals surface area contributed by atoms with Gasteiger partial charge in [0.1, 0.15) is 5.75 Å². The number of ether oxygens (including phenoxy) is 2. The standard InChI is InChI=1S/C21H21NO7/c1-28-17-11-7-14(8-12-17)18(23)13-29-21(27)15-5-9-16(10-6-15)22-19(24)3-2-4-20(25)26/h5-12H,2-4,13H2,1H3,(H,22,24)(H,25,26)/p-1. The Morgan fingerprint density at radius 2 is 1.52 bits per heavy atom. The lowest BCUT2D eigenvalue weighted by Gasteiger charge is -2.08. The second-order valence-corrected chi connectivity index (χ2v) is 6.08. The first-order valence-corrected chi connectivity index (χ1v) is 8.83. The first-order chi connectivity index (χ1) is 13.9. The SMILES string of the molecule is COc1ccc(C(=O)COC(=O)c2ccc(NC(=O)CCCC(=O)[O-])cc2)cc1. The van der Waals surface area contributed by atoms with Crippen molar-refractivity contribution in [3.05, 3.63) is 59.7 Å². The van der Waals surface area contributed by atoms with E-state index >= 15 is 0 Å². The van der Waals surface area contributed by atoms with E-state index in [2.05, 4.69) is 5.32 Å². The van der Waals surface area contributed by atoms with Crippen molar-refractivity contribution >= 4 is 29.3 Å². The van der Waals surface area contributed by atoms with Gasteiger partial charge < -0.3 is 24.7 Å². The first kappa shape index (κ1) is 21.6. The summed E-state index contributed by atoms with van der Waals surface area (Å²) < 4.78 is 10.0. The van der Waals surface area contributed by atoms with Gasteiger partial charge in [0.25, 0.3) is 0 Å². The van der Waals surface area contributed by atoms with Gasteiger partial charge in [-0.2, -0.15) is 0 Å². The normalized spacial score (nSPS) is 10.1. The molecular formula is C21H20NO7-. The monoisotopic (exact) mass is 398 g/mol. The molecule has 0 aromatic heterocycles. The highest BCUT2D eigenvalue weighted by atomic mass is 16.5. The van der Waals surface area contributed by atoms with Crippen LogP contribution in [0.4, 0.5) is 5.69 Å². The molecule has 0 saturated heterocycles. The van der Waals surface area contributed by atoms with Crippen molar-refractivity contribution in [3.63, 3.8) is 0 Å². The topological polar surface area (TPSA) is 122 Å². The number of carbonyl (C=O) groups is 4. The second kappa shape index (κ2) is 10.6. The number of hydrogen-bond donors (Lipinski definition) is 1. The van der Waals surface area contributed by atoms with E-state index in [0.717, 1.165) is 0 Å². The first-order valence-electron chi connectivity index (χ1n) is 8.83. The van der Waals surface area contributed by atoms with Crippen molar-refractivity contribution in [2.45, 2.75) is 19.3 Å². The quantitative estimate of drug-likeness (QED) is 0.476. The Hall–Kier alpha value is -3.68. The van der Waals surface area contributed by atoms with Crippen LogP contribution in [0.25, 0.3) is 0 Å². The van der Waals surface area contributed by atoms with Crippen LogP contribution >= 0.6 is 0 Å². The van der Waals surface area contributed by atoms with E-state index in [0.29, 0.717) is 17.0 Å². The molecule has 0 spiro atoms. The minimum Gasteiger partial charge on any atom is -0.550 e. The smallest absolute Gasteiger partial charge is 0.338 e. The summed E-state index contributed by atoms with van der Waals surface area (Å²) in [6, 6.07) is 12.4. The maximum absolute atomic E-state index is 12.1. The number of benzene rings is 2. The Kier molecular flexibility index (Phi) is 7.90. The van der Waals surface area contributed by atoms with E-state index in [9.17, 15) is 24.3 Å². The molecule has 1 amide bonds. The summed E-state index contributed by atoms with van der Waals surface area (Å²) in [5.74, 6) is -1.94. The highest BCUT2D eigenvalue weighted by Crippen LogP contribution is 2.14. The number of amides is 1. The summed E-state index contributed by atoms with van der Waals surface area (Å²) in [5, 5.41) is 12.9. The summed E-state index contributed by atoms with van der Waals surface area (Å²) in [5.41, 5.74) is 1.08. The van der Waals surface area contributed by atoms with Gasteiger partial charge in [-0.15, -0.1) is 0 Å². The number of ketones is 1. The summed E-state index contributed by atoms with van der Waals surface area (Å²) >= 11 is 0. The van der Waals surface area contributed by atoms with Crippen molar-refractivity contribution in [2.75, 3.05) is 19.0 Å². The third kappa shape index (κ3) is 7.10. The predicted octanol–water partition coefficient (Wildman–Crippen LogP) is 1.59. The molecule has 0 aliphatic carbocycles. The van der Waals surface area contributed by atoms with Gasteiger partial charge in [-0.3, -0.25) is 9.59 Å². The molecule has 2 aromatic carbocycles. The maximum atomic E-state index is 12.1. The van der Waals surface area contributed by atoms with Gasteiger partial charge in [-0.1, -0.05) is 0 Å². The summed E-state index contributed by atoms with van der Waals surface area (Å²) in [6.45, 7) is -0.401. The maximum Gasteiger partial charge on any atom is 0.338 e. The van der Waals surface area contributed by atoms with Crippen molar-refractivity contribution in [2.24, 2.45) is 0 Å². The van der Waals surface area contributed by atoms with Gasteiger partial charge in [0.15, 0.2) is 12.4 Å². The van der Waals surface area contributed by atoms with Crippen LogP contribution in [-0.4, -0.2) is 37.3 Å². The Bertz CT molecular complexity index is 873. The number of Topliss-reactive ketones (excluding diaryl/α,β-unsaturated/α-hetero) is 1. The van der Waals surface area contributed by atoms with E-state index < -0.39 is 18.5 Å². The summed E-state index contributed by atoms with van der Waals surface area (Å²) in [7, 11) is 1.52. The molecule has 0 radical (unpaired) electrons. The Morgan fingerprint density at radius 3 is 2.10 bits per heavy atom. The van der Waals surface area contributed by atoms with E-state index in [1.165, 1.54) is 31.4 Å². The van der Waals surface area contributed by atoms with Gasteiger partial charge in [0.05, 0.1) is 12.7 Å². The van der Waals surface area contributed by atoms with Crippen LogP contribution in [0.3, 0.4) is 0 Å². The molecule has 2 aromatic rings. The minimum atomic E-state index is -1.20. The zero-order chi connectivity index (χ0) is 21.2. The number of esters is 1. The van der Waals surface area contributed by atoms with Gasteiger partial charge in [-0.05, 0) is 61.4 Å². The number of carboxylic acid groups (broad SMARTS) is 1. The van der Waals surface area contributed by atoms with Crippen molar-refractivity contribution in [1.29, 1.82) is 0 Å². The second-order valence-electron chi connectivity index (χ2n) is 6.08. The Balaban J connectivity index is 1.82. The summed E-state index contributed by atoms with van der Waals surface area (Å²) in [4.78, 5) is 46.2. The van der Waals surface area contributed by atoms with Crippen LogP contribution in [0.5, 0.6) is 5.75 Å². The number of rotatable bonds is 10. The molecule has 0 bridgehead atoms. The molecule has 2 rings (SSSR count). The zero-order valence-corrected chi connectivity index (χ0v) is 15.8. The van der Waals surface area contributed by atoms with Crippen molar-refractivity contribution in [1.82, 2.24) is 0 Å². The number of hydrogen-bond acceptors (Lipinski definition) is 7. The van der Waals surface area contributed by atoms with Crippen molar-refractivity contribution in [3.8, 4) is 5.75 Å². The zero-order valence-electron chi connectivity index (χ0n) is 15.8. The van der Waals surface area contributed by atoms with Gasteiger partial charge in [0, 0.05) is 23.6 Å². The molecule has 0 unspecified atom stereocenters. The van der Waals surface area contributed by atoms with Gasteiger partial charge >= 0.3 is 5.97 Å². The van der Waals surface area contributed by atoms with Crippen molar-refractivity contribution < 1.29 is 33.8 Å². The number of anilines is 1. The van der Waals surface area contributed by atoms with E-state index in [-0.39, 0.29) is 36.5 Å². The van der Waals surface area contributed by atoms with E-state index in [1.807, 2.05) is 0 Å². The Morgan fingerprint density at radius 1 is 0.897 bits per heavy atom. The van der Waals surface area contributed by atoms with Crippen LogP contribution in [0.2, 0.25) is 0 Å². The number of aliphatic carboxylic acids is 1. The fourth-order valence-electron chi connectivity index (χ4n) is 2.38. The largest absolute Gasteiger partial charge is 0.550 e. The summed E-state index contributed by atoms with van der Waals surface area (Å²) in [6.07, 6.45) is 0.0412. The molecule has 0 aliphatic rings. The molecule has 0 atom stereocenters. The molecule has 8 nitrogen and oxygen atoms in total. The van der Waals surface area contributed by atoms with Crippen LogP contribution < -0.4 is 15.2 Å². The van der Waals surface area contributed by atoms with Crippen LogP contribution in [0.15, 0.2) is 48.5 Å². The lowest BCUT2D eigenvalue weighted by atomic mass is 10.1. The average Bonchev–Trinajstić information content (AvgIpc) is 2.72. The molecule has 152 valence electrons. The molecule has 1 N–H and O–H groups in total. The predicted molar refractivity (Wildman–Crippen MR) is 102 cm³/mol. The Labute approximate surface area is 167 Å². The third-order valence-electron chi connectivity index (χ3n) is 3.94. The minimum absolute atomic E-state index is 0.0469. The fourth-order valence-corrected chi connectivity index (χ4v) is 2.38. The van der Waals surface area contributed by atoms with E-state index in [4.69, 9.17) is 9.47 Å². The molecule has 29 heavy (non-hydrogen) atoms. The van der Waals surface area contributed by atoms with Crippen LogP contribution in [-0.2, 0) is 14.3 Å². The van der Waals surface area contributed by atoms with E-state index in [1.54, 1.807) is 24.3 Å². The number of nitrogens with one attached hydrogen (secondary N) is 1. The lowest BCUT2D eigenvalue weighted by Crippen LogP contribution is -2.22. The molecule has 0 saturated carbocycles. The highest BCUT2D eigenvalue weighted by Gasteiger charge is 2.12. The molecule has 0 heterocycles. The molecule has 8 heteroatoms.